The van der Waals surface area contributed by atoms with E-state index in [1.54, 1.807) is 6.92 Å². The maximum atomic E-state index is 10.8. The fourth-order valence-corrected chi connectivity index (χ4v) is 1.67. The Hall–Kier alpha value is -3.41. The summed E-state index contributed by atoms with van der Waals surface area (Å²) in [6, 6.07) is 0. The number of likely N-dealkylation sites (N-methyl/N-ethyl adjacent to an activating group) is 2. The molecule has 0 radical (unpaired) electrons. The largest absolute Gasteiger partial charge is 0.373 e. The molecule has 230 valence electrons. The van der Waals surface area contributed by atoms with Crippen LogP contribution in [0.4, 0.5) is 0 Å². The van der Waals surface area contributed by atoms with Crippen molar-refractivity contribution in [1.82, 2.24) is 21.3 Å². The lowest BCUT2D eigenvalue weighted by atomic mass is 10.3. The highest BCUT2D eigenvalue weighted by atomic mass is 16.2. The lowest BCUT2D eigenvalue weighted by Crippen LogP contribution is -2.29. The van der Waals surface area contributed by atoms with E-state index in [-0.39, 0.29) is 36.1 Å². The van der Waals surface area contributed by atoms with Crippen LogP contribution in [0, 0.1) is 0 Å². The van der Waals surface area contributed by atoms with Crippen molar-refractivity contribution in [2.75, 3.05) is 53.4 Å². The molecule has 0 aliphatic rings. The Labute approximate surface area is 232 Å². The Kier molecular flexibility index (Phi) is 86.2. The van der Waals surface area contributed by atoms with Crippen LogP contribution in [0.5, 0.6) is 0 Å². The number of amides is 2. The molecule has 15 nitrogen and oxygen atoms in total. The molecule has 8 N–H and O–H groups in total. The highest BCUT2D eigenvalue weighted by molar-refractivity contribution is 5.76. The highest BCUT2D eigenvalue weighted by Crippen LogP contribution is 1.85. The van der Waals surface area contributed by atoms with Crippen molar-refractivity contribution in [2.45, 2.75) is 66.2 Å². The van der Waals surface area contributed by atoms with Crippen molar-refractivity contribution >= 4 is 36.1 Å². The van der Waals surface area contributed by atoms with Gasteiger partial charge in [0.1, 0.15) is 5.78 Å². The van der Waals surface area contributed by atoms with Gasteiger partial charge in [0.15, 0.2) is 0 Å². The third kappa shape index (κ3) is 133. The number of carbonyl (C=O) groups excluding carboxylic acids is 9. The minimum Gasteiger partial charge on any atom is -0.355 e. The fraction of sp³-hybridized carbons (Fsp3) is 0.750. The Balaban J connectivity index is -0.0000000648. The first kappa shape index (κ1) is 52.1. The van der Waals surface area contributed by atoms with Gasteiger partial charge in [0.25, 0.3) is 0 Å². The minimum atomic E-state index is 0.1000. The van der Waals surface area contributed by atoms with Crippen molar-refractivity contribution < 1.29 is 43.2 Å². The van der Waals surface area contributed by atoms with Gasteiger partial charge in [-0.2, -0.15) is 28.8 Å². The number of nitrogens with two attached hydrogens (primary N) is 2. The molecule has 0 saturated carbocycles. The molecule has 0 heterocycles. The molecule has 0 saturated heterocycles. The van der Waals surface area contributed by atoms with Crippen molar-refractivity contribution in [3.05, 3.63) is 0 Å². The third-order valence-electron chi connectivity index (χ3n) is 3.11. The molecule has 39 heavy (non-hydrogen) atoms. The summed E-state index contributed by atoms with van der Waals surface area (Å²) in [5, 5.41) is 11.3. The van der Waals surface area contributed by atoms with Crippen LogP contribution < -0.4 is 32.7 Å². The van der Waals surface area contributed by atoms with E-state index in [2.05, 4.69) is 21.3 Å². The Morgan fingerprint density at radius 1 is 0.564 bits per heavy atom. The number of carbonyl (C=O) groups is 3. The summed E-state index contributed by atoms with van der Waals surface area (Å²) in [6.07, 6.45) is 5.54. The molecule has 0 atom stereocenters. The van der Waals surface area contributed by atoms with Crippen molar-refractivity contribution in [3.63, 3.8) is 0 Å². The zero-order chi connectivity index (χ0) is 32.2. The van der Waals surface area contributed by atoms with Crippen LogP contribution in [0.25, 0.3) is 0 Å². The van der Waals surface area contributed by atoms with E-state index in [1.807, 2.05) is 34.9 Å². The lowest BCUT2D eigenvalue weighted by molar-refractivity contribution is -0.193. The van der Waals surface area contributed by atoms with Crippen LogP contribution in [0.3, 0.4) is 0 Å². The first-order valence-electron chi connectivity index (χ1n) is 12.2. The first-order chi connectivity index (χ1) is 18.5. The molecule has 0 aromatic rings. The molecule has 0 aliphatic heterocycles. The Bertz CT molecular complexity index is 572. The van der Waals surface area contributed by atoms with Crippen molar-refractivity contribution in [2.24, 2.45) is 11.5 Å². The second-order valence-corrected chi connectivity index (χ2v) is 6.69. The molecule has 0 unspecified atom stereocenters. The Morgan fingerprint density at radius 3 is 1.05 bits per heavy atom. The summed E-state index contributed by atoms with van der Waals surface area (Å²) < 4.78 is 0. The summed E-state index contributed by atoms with van der Waals surface area (Å²) in [6.45, 7) is 11.9. The second-order valence-electron chi connectivity index (χ2n) is 6.69. The van der Waals surface area contributed by atoms with Crippen LogP contribution in [0.15, 0.2) is 0 Å². The molecule has 2 amide bonds. The summed E-state index contributed by atoms with van der Waals surface area (Å²) in [7, 11) is 3.75. The number of hydrogen-bond acceptors (Lipinski definition) is 13. The predicted octanol–water partition coefficient (Wildman–Crippen LogP) is -1.23. The number of rotatable bonds is 13. The first-order valence-corrected chi connectivity index (χ1v) is 12.2. The van der Waals surface area contributed by atoms with Crippen LogP contribution in [-0.2, 0) is 43.2 Å². The van der Waals surface area contributed by atoms with Crippen molar-refractivity contribution in [3.8, 4) is 0 Å². The topological polar surface area (TPSA) is 254 Å². The molecule has 0 spiro atoms. The Morgan fingerprint density at radius 2 is 0.872 bits per heavy atom. The van der Waals surface area contributed by atoms with Crippen LogP contribution in [0.1, 0.15) is 66.2 Å². The fourth-order valence-electron chi connectivity index (χ4n) is 1.67. The van der Waals surface area contributed by atoms with Gasteiger partial charge in [-0.05, 0) is 40.3 Å². The average molecular weight is 567 g/mol. The zero-order valence-electron chi connectivity index (χ0n) is 24.3. The van der Waals surface area contributed by atoms with Gasteiger partial charge in [0, 0.05) is 58.5 Å². The van der Waals surface area contributed by atoms with E-state index in [1.165, 1.54) is 0 Å². The minimum absolute atomic E-state index is 0.1000. The van der Waals surface area contributed by atoms with Gasteiger partial charge in [0.05, 0.1) is 0 Å². The predicted molar refractivity (Wildman–Crippen MR) is 142 cm³/mol. The molecule has 0 aliphatic carbocycles. The van der Waals surface area contributed by atoms with Gasteiger partial charge in [-0.1, -0.05) is 20.8 Å². The van der Waals surface area contributed by atoms with Gasteiger partial charge in [-0.25, -0.2) is 0 Å². The third-order valence-corrected chi connectivity index (χ3v) is 3.11. The number of nitrogens with one attached hydrogen (secondary N) is 4. The van der Waals surface area contributed by atoms with E-state index < -0.39 is 0 Å². The smallest absolute Gasteiger partial charge is 0.355 e. The summed E-state index contributed by atoms with van der Waals surface area (Å²) in [5.41, 5.74) is 10.2. The summed E-state index contributed by atoms with van der Waals surface area (Å²) in [4.78, 5) is 80.2. The molecule has 0 rings (SSSR count). The summed E-state index contributed by atoms with van der Waals surface area (Å²) in [5.74, 6) is 0.540. The normalized spacial score (nSPS) is 7.49. The number of ketones is 1. The quantitative estimate of drug-likeness (QED) is 0.143. The van der Waals surface area contributed by atoms with E-state index in [0.717, 1.165) is 51.9 Å². The van der Waals surface area contributed by atoms with Gasteiger partial charge in [-0.15, -0.1) is 0 Å². The zero-order valence-corrected chi connectivity index (χ0v) is 24.3. The van der Waals surface area contributed by atoms with E-state index in [9.17, 15) is 14.4 Å². The molecule has 0 aromatic heterocycles. The van der Waals surface area contributed by atoms with Gasteiger partial charge in [-0.3, -0.25) is 9.59 Å². The molecule has 0 fully saturated rings. The van der Waals surface area contributed by atoms with E-state index >= 15 is 0 Å². The second kappa shape index (κ2) is 64.5. The van der Waals surface area contributed by atoms with Crippen LogP contribution >= 0.6 is 0 Å². The van der Waals surface area contributed by atoms with Crippen LogP contribution in [-0.4, -0.2) is 89.4 Å². The molecule has 0 aromatic carbocycles. The maximum absolute atomic E-state index is 10.8. The van der Waals surface area contributed by atoms with E-state index in [0.29, 0.717) is 25.9 Å². The van der Waals surface area contributed by atoms with Crippen molar-refractivity contribution in [1.29, 1.82) is 0 Å². The monoisotopic (exact) mass is 566 g/mol. The van der Waals surface area contributed by atoms with E-state index in [4.69, 9.17) is 40.2 Å². The molecular weight excluding hydrogens is 516 g/mol. The highest BCUT2D eigenvalue weighted by Gasteiger charge is 1.95. The molecular formula is C24H50N6O9. The standard InChI is InChI=1S/C7H16N2O.C6H14N2O.C5H10O.C3H10N2.3CO2/c1-3-4-7(10)9-6-5-8-2;1-2-3-6(9)8-5-4-7;1-3-4-5(2)6;1-5-3-2-4;3*2-1-3/h8H,3-6H2,1-2H3,(H,9,10);2-5,7H2,1H3,(H,8,9);3-4H2,1-2H3;5H,2-4H2,1H3;;;. The van der Waals surface area contributed by atoms with Gasteiger partial charge >= 0.3 is 18.5 Å². The molecule has 15 heteroatoms. The number of Topliss-reactive ketones (excluding diaryl/α,β-unsaturated/α-hetero) is 1. The lowest BCUT2D eigenvalue weighted by Gasteiger charge is -2.01. The van der Waals surface area contributed by atoms with Gasteiger partial charge in [0.2, 0.25) is 11.8 Å². The maximum Gasteiger partial charge on any atom is 0.373 e. The summed E-state index contributed by atoms with van der Waals surface area (Å²) >= 11 is 0. The van der Waals surface area contributed by atoms with Gasteiger partial charge < -0.3 is 37.5 Å². The number of hydrogen-bond donors (Lipinski definition) is 6. The average Bonchev–Trinajstić information content (AvgIpc) is 2.86. The van der Waals surface area contributed by atoms with Crippen LogP contribution in [0.2, 0.25) is 0 Å². The molecule has 0 bridgehead atoms. The SMILES string of the molecule is CCCC(=O)NCCN.CCCC(=O)NCCNC.CCCC(C)=O.CNCCN.O=C=O.O=C=O.O=C=O.